The Bertz CT molecular complexity index is 971. The molecular weight excluding hydrogens is 396 g/mol. The number of rotatable bonds is 9. The molecule has 0 aliphatic heterocycles. The van der Waals surface area contributed by atoms with Crippen LogP contribution in [0.1, 0.15) is 24.2 Å². The molecule has 158 valence electrons. The number of benzene rings is 2. The minimum Gasteiger partial charge on any atom is -0.497 e. The standard InChI is InChI=1S/C20H26N2O6S/c1-6-22(7-2)29(24,25)15-9-11-19(28-5)17(13-15)21-20(23)16-12-14(26-3)8-10-18(16)27-4/h8-13H,6-7H2,1-5H3,(H,21,23). The zero-order chi connectivity index (χ0) is 21.6. The van der Waals surface area contributed by atoms with Gasteiger partial charge in [-0.2, -0.15) is 4.31 Å². The van der Waals surface area contributed by atoms with Crippen LogP contribution in [0.4, 0.5) is 5.69 Å². The lowest BCUT2D eigenvalue weighted by Crippen LogP contribution is -2.30. The monoisotopic (exact) mass is 422 g/mol. The predicted molar refractivity (Wildman–Crippen MR) is 111 cm³/mol. The molecule has 1 N–H and O–H groups in total. The Morgan fingerprint density at radius 3 is 2.10 bits per heavy atom. The zero-order valence-corrected chi connectivity index (χ0v) is 18.0. The second-order valence-corrected chi connectivity index (χ2v) is 7.91. The molecule has 0 saturated heterocycles. The second kappa shape index (κ2) is 9.62. The number of carbonyl (C=O) groups is 1. The van der Waals surface area contributed by atoms with E-state index in [-0.39, 0.29) is 16.1 Å². The third-order valence-electron chi connectivity index (χ3n) is 4.41. The lowest BCUT2D eigenvalue weighted by Gasteiger charge is -2.20. The van der Waals surface area contributed by atoms with Gasteiger partial charge in [0.1, 0.15) is 17.2 Å². The van der Waals surface area contributed by atoms with E-state index in [0.29, 0.717) is 30.3 Å². The zero-order valence-electron chi connectivity index (χ0n) is 17.2. The van der Waals surface area contributed by atoms with Gasteiger partial charge >= 0.3 is 0 Å². The summed E-state index contributed by atoms with van der Waals surface area (Å²) in [6.45, 7) is 4.21. The summed E-state index contributed by atoms with van der Waals surface area (Å²) >= 11 is 0. The number of amides is 1. The Labute approximate surface area is 171 Å². The molecule has 2 aromatic rings. The number of carbonyl (C=O) groups excluding carboxylic acids is 1. The van der Waals surface area contributed by atoms with E-state index in [9.17, 15) is 13.2 Å². The quantitative estimate of drug-likeness (QED) is 0.668. The minimum atomic E-state index is -3.69. The van der Waals surface area contributed by atoms with Gasteiger partial charge in [0.05, 0.1) is 37.5 Å². The molecule has 0 radical (unpaired) electrons. The Kier molecular flexibility index (Phi) is 7.46. The van der Waals surface area contributed by atoms with Crippen LogP contribution in [-0.2, 0) is 10.0 Å². The summed E-state index contributed by atoms with van der Waals surface area (Å²) in [4.78, 5) is 12.9. The van der Waals surface area contributed by atoms with E-state index in [1.54, 1.807) is 26.0 Å². The maximum Gasteiger partial charge on any atom is 0.259 e. The molecule has 0 aliphatic carbocycles. The molecule has 0 saturated carbocycles. The van der Waals surface area contributed by atoms with Gasteiger partial charge in [-0.05, 0) is 36.4 Å². The van der Waals surface area contributed by atoms with Crippen molar-refractivity contribution in [2.45, 2.75) is 18.7 Å². The van der Waals surface area contributed by atoms with Crippen molar-refractivity contribution >= 4 is 21.6 Å². The molecule has 1 amide bonds. The van der Waals surface area contributed by atoms with Crippen LogP contribution in [0.25, 0.3) is 0 Å². The normalized spacial score (nSPS) is 11.2. The third-order valence-corrected chi connectivity index (χ3v) is 6.46. The van der Waals surface area contributed by atoms with E-state index < -0.39 is 15.9 Å². The summed E-state index contributed by atoms with van der Waals surface area (Å²) in [7, 11) is 0.698. The van der Waals surface area contributed by atoms with E-state index in [1.165, 1.54) is 49.9 Å². The Morgan fingerprint density at radius 1 is 0.931 bits per heavy atom. The van der Waals surface area contributed by atoms with E-state index in [4.69, 9.17) is 14.2 Å². The number of hydrogen-bond donors (Lipinski definition) is 1. The summed E-state index contributed by atoms with van der Waals surface area (Å²) in [6, 6.07) is 9.18. The van der Waals surface area contributed by atoms with E-state index in [1.807, 2.05) is 0 Å². The van der Waals surface area contributed by atoms with Crippen molar-refractivity contribution in [2.24, 2.45) is 0 Å². The maximum atomic E-state index is 12.9. The van der Waals surface area contributed by atoms with Gasteiger partial charge < -0.3 is 19.5 Å². The Hall–Kier alpha value is -2.78. The molecule has 9 heteroatoms. The van der Waals surface area contributed by atoms with Gasteiger partial charge in [0, 0.05) is 13.1 Å². The van der Waals surface area contributed by atoms with Crippen LogP contribution in [0.15, 0.2) is 41.3 Å². The largest absolute Gasteiger partial charge is 0.497 e. The fourth-order valence-corrected chi connectivity index (χ4v) is 4.32. The Morgan fingerprint density at radius 2 is 1.55 bits per heavy atom. The van der Waals surface area contributed by atoms with Crippen LogP contribution in [-0.4, -0.2) is 53.0 Å². The smallest absolute Gasteiger partial charge is 0.259 e. The number of anilines is 1. The highest BCUT2D eigenvalue weighted by Crippen LogP contribution is 2.31. The highest BCUT2D eigenvalue weighted by Gasteiger charge is 2.24. The van der Waals surface area contributed by atoms with Crippen LogP contribution in [0.3, 0.4) is 0 Å². The Balaban J connectivity index is 2.46. The number of nitrogens with one attached hydrogen (secondary N) is 1. The number of hydrogen-bond acceptors (Lipinski definition) is 6. The van der Waals surface area contributed by atoms with Crippen molar-refractivity contribution in [3.8, 4) is 17.2 Å². The van der Waals surface area contributed by atoms with Crippen LogP contribution in [0.5, 0.6) is 17.2 Å². The van der Waals surface area contributed by atoms with Gasteiger partial charge in [-0.15, -0.1) is 0 Å². The number of nitrogens with zero attached hydrogens (tertiary/aromatic N) is 1. The highest BCUT2D eigenvalue weighted by molar-refractivity contribution is 7.89. The molecule has 2 rings (SSSR count). The summed E-state index contributed by atoms with van der Waals surface area (Å²) in [5.41, 5.74) is 0.474. The maximum absolute atomic E-state index is 12.9. The van der Waals surface area contributed by atoms with Crippen LogP contribution >= 0.6 is 0 Å². The number of methoxy groups -OCH3 is 3. The van der Waals surface area contributed by atoms with Gasteiger partial charge in [-0.1, -0.05) is 13.8 Å². The second-order valence-electron chi connectivity index (χ2n) is 5.97. The minimum absolute atomic E-state index is 0.0647. The number of ether oxygens (including phenoxy) is 3. The summed E-state index contributed by atoms with van der Waals surface area (Å²) < 4.78 is 42.7. The van der Waals surface area contributed by atoms with Gasteiger partial charge in [-0.3, -0.25) is 4.79 Å². The lowest BCUT2D eigenvalue weighted by molar-refractivity contribution is 0.102. The van der Waals surface area contributed by atoms with Crippen molar-refractivity contribution in [3.63, 3.8) is 0 Å². The molecule has 0 heterocycles. The first-order chi connectivity index (χ1) is 13.8. The van der Waals surface area contributed by atoms with E-state index in [0.717, 1.165) is 0 Å². The molecule has 0 aromatic heterocycles. The topological polar surface area (TPSA) is 94.2 Å². The van der Waals surface area contributed by atoms with Gasteiger partial charge in [-0.25, -0.2) is 8.42 Å². The lowest BCUT2D eigenvalue weighted by atomic mass is 10.1. The molecule has 0 fully saturated rings. The van der Waals surface area contributed by atoms with Crippen LogP contribution in [0, 0.1) is 0 Å². The van der Waals surface area contributed by atoms with Crippen LogP contribution < -0.4 is 19.5 Å². The van der Waals surface area contributed by atoms with Crippen molar-refractivity contribution in [2.75, 3.05) is 39.7 Å². The first-order valence-electron chi connectivity index (χ1n) is 9.03. The van der Waals surface area contributed by atoms with Crippen molar-refractivity contribution < 1.29 is 27.4 Å². The highest BCUT2D eigenvalue weighted by atomic mass is 32.2. The summed E-state index contributed by atoms with van der Waals surface area (Å²) in [6.07, 6.45) is 0. The summed E-state index contributed by atoms with van der Waals surface area (Å²) in [5, 5.41) is 2.71. The fourth-order valence-electron chi connectivity index (χ4n) is 2.84. The van der Waals surface area contributed by atoms with Crippen molar-refractivity contribution in [1.82, 2.24) is 4.31 Å². The summed E-state index contributed by atoms with van der Waals surface area (Å²) in [5.74, 6) is 0.685. The van der Waals surface area contributed by atoms with E-state index in [2.05, 4.69) is 5.32 Å². The average molecular weight is 423 g/mol. The van der Waals surface area contributed by atoms with Crippen molar-refractivity contribution in [3.05, 3.63) is 42.0 Å². The van der Waals surface area contributed by atoms with Gasteiger partial charge in [0.25, 0.3) is 5.91 Å². The van der Waals surface area contributed by atoms with Gasteiger partial charge in [0.2, 0.25) is 10.0 Å². The number of sulfonamides is 1. The molecule has 8 nitrogen and oxygen atoms in total. The molecule has 2 aromatic carbocycles. The van der Waals surface area contributed by atoms with Crippen LogP contribution in [0.2, 0.25) is 0 Å². The first-order valence-corrected chi connectivity index (χ1v) is 10.5. The molecule has 29 heavy (non-hydrogen) atoms. The average Bonchev–Trinajstić information content (AvgIpc) is 2.73. The molecule has 0 spiro atoms. The third kappa shape index (κ3) is 4.80. The molecular formula is C20H26N2O6S. The van der Waals surface area contributed by atoms with Gasteiger partial charge in [0.15, 0.2) is 0 Å². The first kappa shape index (κ1) is 22.5. The predicted octanol–water partition coefficient (Wildman–Crippen LogP) is 3.00. The molecule has 0 aliphatic rings. The van der Waals surface area contributed by atoms with E-state index >= 15 is 0 Å². The molecule has 0 atom stereocenters. The SMILES string of the molecule is CCN(CC)S(=O)(=O)c1ccc(OC)c(NC(=O)c2cc(OC)ccc2OC)c1. The van der Waals surface area contributed by atoms with Crippen molar-refractivity contribution in [1.29, 1.82) is 0 Å². The molecule has 0 unspecified atom stereocenters. The fraction of sp³-hybridized carbons (Fsp3) is 0.350. The molecule has 0 bridgehead atoms.